The summed E-state index contributed by atoms with van der Waals surface area (Å²) in [6.07, 6.45) is 1.11. The van der Waals surface area contributed by atoms with E-state index in [0.29, 0.717) is 17.8 Å². The molecule has 2 aromatic carbocycles. The molecule has 0 saturated heterocycles. The van der Waals surface area contributed by atoms with Gasteiger partial charge in [0.25, 0.3) is 5.91 Å². The summed E-state index contributed by atoms with van der Waals surface area (Å²) in [5, 5.41) is 2.84. The molecule has 1 amide bonds. The van der Waals surface area contributed by atoms with Crippen molar-refractivity contribution in [3.8, 4) is 0 Å². The number of benzene rings is 2. The summed E-state index contributed by atoms with van der Waals surface area (Å²) in [5.74, 6) is -0.306. The monoisotopic (exact) mass is 332 g/mol. The lowest BCUT2D eigenvalue weighted by Gasteiger charge is -2.20. The van der Waals surface area contributed by atoms with Gasteiger partial charge in [-0.05, 0) is 30.2 Å². The number of carbonyl (C=O) groups excluding carboxylic acids is 1. The van der Waals surface area contributed by atoms with Gasteiger partial charge in [0.1, 0.15) is 0 Å². The van der Waals surface area contributed by atoms with Crippen LogP contribution in [-0.2, 0) is 16.6 Å². The summed E-state index contributed by atoms with van der Waals surface area (Å²) < 4.78 is 24.6. The maximum Gasteiger partial charge on any atom is 0.253 e. The van der Waals surface area contributed by atoms with E-state index < -0.39 is 10.0 Å². The predicted octanol–water partition coefficient (Wildman–Crippen LogP) is 2.32. The number of nitrogens with one attached hydrogen (secondary N) is 1. The van der Waals surface area contributed by atoms with Gasteiger partial charge in [-0.3, -0.25) is 9.10 Å². The lowest BCUT2D eigenvalue weighted by atomic mass is 10.1. The summed E-state index contributed by atoms with van der Waals surface area (Å²) >= 11 is 0. The lowest BCUT2D eigenvalue weighted by molar-refractivity contribution is 0.0951. The minimum atomic E-state index is -3.43. The number of para-hydroxylation sites is 1. The number of hydrogen-bond acceptors (Lipinski definition) is 3. The topological polar surface area (TPSA) is 66.5 Å². The highest BCUT2D eigenvalue weighted by molar-refractivity contribution is 7.92. The highest BCUT2D eigenvalue weighted by Crippen LogP contribution is 2.21. The van der Waals surface area contributed by atoms with Crippen LogP contribution in [0.5, 0.6) is 0 Å². The SMILES string of the molecule is Cc1ccccc1CNC(=O)c1ccccc1N(C)S(C)(=O)=O. The number of hydrogen-bond donors (Lipinski definition) is 1. The smallest absolute Gasteiger partial charge is 0.253 e. The van der Waals surface area contributed by atoms with Crippen LogP contribution in [0.4, 0.5) is 5.69 Å². The van der Waals surface area contributed by atoms with Crippen molar-refractivity contribution >= 4 is 21.6 Å². The minimum absolute atomic E-state index is 0.306. The third-order valence-corrected chi connectivity index (χ3v) is 4.88. The molecule has 2 rings (SSSR count). The first-order valence-corrected chi connectivity index (χ1v) is 9.01. The maximum atomic E-state index is 12.4. The molecule has 0 heterocycles. The standard InChI is InChI=1S/C17H20N2O3S/c1-13-8-4-5-9-14(13)12-18-17(20)15-10-6-7-11-16(15)19(2)23(3,21)22/h4-11H,12H2,1-3H3,(H,18,20). The van der Waals surface area contributed by atoms with E-state index in [1.54, 1.807) is 24.3 Å². The fourth-order valence-electron chi connectivity index (χ4n) is 2.20. The maximum absolute atomic E-state index is 12.4. The van der Waals surface area contributed by atoms with Crippen LogP contribution in [-0.4, -0.2) is 27.6 Å². The molecule has 0 aromatic heterocycles. The average Bonchev–Trinajstić information content (AvgIpc) is 2.52. The Bertz CT molecular complexity index is 816. The van der Waals surface area contributed by atoms with Crippen LogP contribution in [0.15, 0.2) is 48.5 Å². The number of anilines is 1. The highest BCUT2D eigenvalue weighted by Gasteiger charge is 2.19. The second kappa shape index (κ2) is 6.83. The molecule has 0 bridgehead atoms. The number of sulfonamides is 1. The Balaban J connectivity index is 2.22. The number of aryl methyl sites for hydroxylation is 1. The van der Waals surface area contributed by atoms with E-state index in [4.69, 9.17) is 0 Å². The quantitative estimate of drug-likeness (QED) is 0.914. The largest absolute Gasteiger partial charge is 0.348 e. The van der Waals surface area contributed by atoms with Crippen molar-refractivity contribution in [3.63, 3.8) is 0 Å². The number of rotatable bonds is 5. The molecule has 2 aromatic rings. The summed E-state index contributed by atoms with van der Waals surface area (Å²) in [7, 11) is -2.00. The van der Waals surface area contributed by atoms with Gasteiger partial charge in [-0.15, -0.1) is 0 Å². The van der Waals surface area contributed by atoms with Crippen molar-refractivity contribution in [1.82, 2.24) is 5.32 Å². The second-order valence-electron chi connectivity index (χ2n) is 5.36. The van der Waals surface area contributed by atoms with Gasteiger partial charge in [0, 0.05) is 13.6 Å². The molecule has 0 saturated carbocycles. The first-order valence-electron chi connectivity index (χ1n) is 7.16. The molecule has 1 N–H and O–H groups in total. The van der Waals surface area contributed by atoms with E-state index in [0.717, 1.165) is 21.7 Å². The molecule has 23 heavy (non-hydrogen) atoms. The van der Waals surface area contributed by atoms with E-state index in [2.05, 4.69) is 5.32 Å². The van der Waals surface area contributed by atoms with Crippen LogP contribution in [0.2, 0.25) is 0 Å². The van der Waals surface area contributed by atoms with Crippen molar-refractivity contribution in [2.75, 3.05) is 17.6 Å². The van der Waals surface area contributed by atoms with Crippen LogP contribution in [0.1, 0.15) is 21.5 Å². The molecule has 0 radical (unpaired) electrons. The molecule has 5 nitrogen and oxygen atoms in total. The second-order valence-corrected chi connectivity index (χ2v) is 7.37. The van der Waals surface area contributed by atoms with Gasteiger partial charge < -0.3 is 5.32 Å². The number of amides is 1. The predicted molar refractivity (Wildman–Crippen MR) is 92.0 cm³/mol. The molecule has 0 atom stereocenters. The molecular weight excluding hydrogens is 312 g/mol. The zero-order valence-electron chi connectivity index (χ0n) is 13.4. The molecule has 6 heteroatoms. The molecule has 0 aliphatic rings. The Labute approximate surface area is 137 Å². The van der Waals surface area contributed by atoms with E-state index >= 15 is 0 Å². The van der Waals surface area contributed by atoms with Crippen LogP contribution in [0.3, 0.4) is 0 Å². The van der Waals surface area contributed by atoms with Gasteiger partial charge in [0.15, 0.2) is 0 Å². The van der Waals surface area contributed by atoms with Crippen LogP contribution in [0.25, 0.3) is 0 Å². The minimum Gasteiger partial charge on any atom is -0.348 e. The van der Waals surface area contributed by atoms with E-state index in [-0.39, 0.29) is 5.91 Å². The van der Waals surface area contributed by atoms with Gasteiger partial charge in [-0.25, -0.2) is 8.42 Å². The van der Waals surface area contributed by atoms with Crippen LogP contribution >= 0.6 is 0 Å². The molecule has 0 aliphatic carbocycles. The summed E-state index contributed by atoms with van der Waals surface area (Å²) in [5.41, 5.74) is 2.80. The fourth-order valence-corrected chi connectivity index (χ4v) is 2.71. The third kappa shape index (κ3) is 4.10. The van der Waals surface area contributed by atoms with Crippen LogP contribution in [0, 0.1) is 6.92 Å². The normalized spacial score (nSPS) is 11.1. The van der Waals surface area contributed by atoms with Crippen molar-refractivity contribution < 1.29 is 13.2 Å². The van der Waals surface area contributed by atoms with E-state index in [1.807, 2.05) is 31.2 Å². The molecule has 0 fully saturated rings. The fraction of sp³-hybridized carbons (Fsp3) is 0.235. The van der Waals surface area contributed by atoms with Gasteiger partial charge in [0.2, 0.25) is 10.0 Å². The van der Waals surface area contributed by atoms with Crippen molar-refractivity contribution in [2.45, 2.75) is 13.5 Å². The Hall–Kier alpha value is -2.34. The molecule has 122 valence electrons. The average molecular weight is 332 g/mol. The Morgan fingerprint density at radius 1 is 1.09 bits per heavy atom. The van der Waals surface area contributed by atoms with E-state index in [1.165, 1.54) is 7.05 Å². The molecule has 0 aliphatic heterocycles. The Kier molecular flexibility index (Phi) is 5.05. The molecule has 0 spiro atoms. The van der Waals surface area contributed by atoms with Crippen molar-refractivity contribution in [2.24, 2.45) is 0 Å². The Morgan fingerprint density at radius 3 is 2.35 bits per heavy atom. The first kappa shape index (κ1) is 17.0. The summed E-state index contributed by atoms with van der Waals surface area (Å²) in [6.45, 7) is 2.37. The number of nitrogens with zero attached hydrogens (tertiary/aromatic N) is 1. The van der Waals surface area contributed by atoms with Crippen LogP contribution < -0.4 is 9.62 Å². The van der Waals surface area contributed by atoms with Gasteiger partial charge in [0.05, 0.1) is 17.5 Å². The zero-order chi connectivity index (χ0) is 17.0. The van der Waals surface area contributed by atoms with Crippen molar-refractivity contribution in [1.29, 1.82) is 0 Å². The highest BCUT2D eigenvalue weighted by atomic mass is 32.2. The van der Waals surface area contributed by atoms with Gasteiger partial charge in [-0.2, -0.15) is 0 Å². The summed E-state index contributed by atoms with van der Waals surface area (Å²) in [4.78, 5) is 12.4. The van der Waals surface area contributed by atoms with E-state index in [9.17, 15) is 13.2 Å². The zero-order valence-corrected chi connectivity index (χ0v) is 14.2. The van der Waals surface area contributed by atoms with Crippen molar-refractivity contribution in [3.05, 3.63) is 65.2 Å². The Morgan fingerprint density at radius 2 is 1.70 bits per heavy atom. The third-order valence-electron chi connectivity index (χ3n) is 3.69. The number of carbonyl (C=O) groups is 1. The van der Waals surface area contributed by atoms with Gasteiger partial charge >= 0.3 is 0 Å². The first-order chi connectivity index (χ1) is 10.8. The van der Waals surface area contributed by atoms with Gasteiger partial charge in [-0.1, -0.05) is 36.4 Å². The molecular formula is C17H20N2O3S. The summed E-state index contributed by atoms with van der Waals surface area (Å²) in [6, 6.07) is 14.4. The molecule has 0 unspecified atom stereocenters. The lowest BCUT2D eigenvalue weighted by Crippen LogP contribution is -2.29.